The molecule has 2 aliphatic heterocycles. The first-order valence-electron chi connectivity index (χ1n) is 6.42. The Hall–Kier alpha value is -1.70. The van der Waals surface area contributed by atoms with Gasteiger partial charge >= 0.3 is 5.69 Å². The number of pyridine rings is 1. The first kappa shape index (κ1) is 13.3. The lowest BCUT2D eigenvalue weighted by Crippen LogP contribution is -2.46. The number of rotatable bonds is 2. The number of amides is 1. The van der Waals surface area contributed by atoms with Crippen molar-refractivity contribution in [1.29, 1.82) is 0 Å². The summed E-state index contributed by atoms with van der Waals surface area (Å²) in [5.41, 5.74) is -0.0284. The highest BCUT2D eigenvalue weighted by Crippen LogP contribution is 2.36. The van der Waals surface area contributed by atoms with Crippen molar-refractivity contribution < 1.29 is 9.72 Å². The molecule has 0 spiro atoms. The Balaban J connectivity index is 2.00. The average molecular weight is 341 g/mol. The van der Waals surface area contributed by atoms with Gasteiger partial charge in [-0.25, -0.2) is 4.98 Å². The highest BCUT2D eigenvalue weighted by molar-refractivity contribution is 9.10. The summed E-state index contributed by atoms with van der Waals surface area (Å²) in [6.45, 7) is 1.21. The normalized spacial score (nSPS) is 25.2. The average Bonchev–Trinajstić information content (AvgIpc) is 2.81. The van der Waals surface area contributed by atoms with Crippen molar-refractivity contribution in [2.75, 3.05) is 18.0 Å². The zero-order chi connectivity index (χ0) is 14.3. The van der Waals surface area contributed by atoms with E-state index in [1.54, 1.807) is 6.20 Å². The SMILES string of the molecule is O=C1NCC2C1CCCN2c1ncc(Br)cc1[N+](=O)[O-]. The van der Waals surface area contributed by atoms with Crippen LogP contribution in [0.1, 0.15) is 12.8 Å². The molecule has 3 rings (SSSR count). The molecule has 1 aromatic heterocycles. The van der Waals surface area contributed by atoms with Crippen LogP contribution in [0.3, 0.4) is 0 Å². The number of nitrogens with one attached hydrogen (secondary N) is 1. The molecule has 1 aromatic rings. The molecule has 8 heteroatoms. The molecule has 1 N–H and O–H groups in total. The maximum Gasteiger partial charge on any atom is 0.312 e. The molecule has 0 bridgehead atoms. The molecular formula is C12H13BrN4O3. The number of carbonyl (C=O) groups is 1. The zero-order valence-electron chi connectivity index (χ0n) is 10.6. The van der Waals surface area contributed by atoms with Crippen molar-refractivity contribution in [3.8, 4) is 0 Å². The summed E-state index contributed by atoms with van der Waals surface area (Å²) >= 11 is 3.20. The quantitative estimate of drug-likeness (QED) is 0.650. The largest absolute Gasteiger partial charge is 0.354 e. The maximum absolute atomic E-state index is 11.8. The van der Waals surface area contributed by atoms with Crippen molar-refractivity contribution in [3.63, 3.8) is 0 Å². The third kappa shape index (κ3) is 2.13. The van der Waals surface area contributed by atoms with Crippen LogP contribution >= 0.6 is 15.9 Å². The molecule has 2 aliphatic rings. The first-order valence-corrected chi connectivity index (χ1v) is 7.21. The number of aromatic nitrogens is 1. The van der Waals surface area contributed by atoms with Crippen molar-refractivity contribution in [2.45, 2.75) is 18.9 Å². The second kappa shape index (κ2) is 5.01. The number of fused-ring (bicyclic) bond motifs is 1. The standard InChI is InChI=1S/C12H13BrN4O3/c13-7-4-9(17(19)20)11(14-5-7)16-3-1-2-8-10(16)6-15-12(8)18/h4-5,8,10H,1-3,6H2,(H,15,18). The topological polar surface area (TPSA) is 88.4 Å². The van der Waals surface area contributed by atoms with E-state index in [0.29, 0.717) is 23.4 Å². The Morgan fingerprint density at radius 1 is 1.55 bits per heavy atom. The van der Waals surface area contributed by atoms with Crippen LogP contribution in [0.4, 0.5) is 11.5 Å². The number of hydrogen-bond acceptors (Lipinski definition) is 5. The zero-order valence-corrected chi connectivity index (χ0v) is 12.2. The van der Waals surface area contributed by atoms with Crippen LogP contribution in [0.5, 0.6) is 0 Å². The summed E-state index contributed by atoms with van der Waals surface area (Å²) < 4.78 is 0.571. The Morgan fingerprint density at radius 3 is 3.10 bits per heavy atom. The maximum atomic E-state index is 11.8. The summed E-state index contributed by atoms with van der Waals surface area (Å²) in [4.78, 5) is 28.6. The second-order valence-electron chi connectivity index (χ2n) is 5.01. The smallest absolute Gasteiger partial charge is 0.312 e. The molecule has 2 unspecified atom stereocenters. The number of nitro groups is 1. The summed E-state index contributed by atoms with van der Waals surface area (Å²) in [5.74, 6) is 0.303. The van der Waals surface area contributed by atoms with Crippen LogP contribution in [-0.4, -0.2) is 34.9 Å². The predicted molar refractivity (Wildman–Crippen MR) is 75.5 cm³/mol. The van der Waals surface area contributed by atoms with Crippen molar-refractivity contribution in [3.05, 3.63) is 26.9 Å². The van der Waals surface area contributed by atoms with E-state index in [1.165, 1.54) is 6.07 Å². The van der Waals surface area contributed by atoms with E-state index in [4.69, 9.17) is 0 Å². The van der Waals surface area contributed by atoms with Crippen LogP contribution in [0, 0.1) is 16.0 Å². The fraction of sp³-hybridized carbons (Fsp3) is 0.500. The van der Waals surface area contributed by atoms with Crippen LogP contribution in [0.2, 0.25) is 0 Å². The molecule has 20 heavy (non-hydrogen) atoms. The van der Waals surface area contributed by atoms with Crippen LogP contribution < -0.4 is 10.2 Å². The van der Waals surface area contributed by atoms with Gasteiger partial charge in [0.2, 0.25) is 11.7 Å². The van der Waals surface area contributed by atoms with E-state index in [-0.39, 0.29) is 23.6 Å². The molecule has 106 valence electrons. The Labute approximate surface area is 123 Å². The molecule has 0 saturated carbocycles. The number of carbonyl (C=O) groups excluding carboxylic acids is 1. The first-order chi connectivity index (χ1) is 9.58. The number of nitrogens with zero attached hydrogens (tertiary/aromatic N) is 3. The number of anilines is 1. The highest BCUT2D eigenvalue weighted by atomic mass is 79.9. The lowest BCUT2D eigenvalue weighted by Gasteiger charge is -2.36. The van der Waals surface area contributed by atoms with Gasteiger partial charge in [-0.1, -0.05) is 0 Å². The summed E-state index contributed by atoms with van der Waals surface area (Å²) in [6, 6.07) is 1.42. The van der Waals surface area contributed by atoms with Crippen LogP contribution in [0.25, 0.3) is 0 Å². The monoisotopic (exact) mass is 340 g/mol. The minimum absolute atomic E-state index is 0.0284. The van der Waals surface area contributed by atoms with E-state index in [9.17, 15) is 14.9 Å². The molecule has 2 fully saturated rings. The summed E-state index contributed by atoms with van der Waals surface area (Å²) in [7, 11) is 0. The van der Waals surface area contributed by atoms with Gasteiger partial charge in [-0.2, -0.15) is 0 Å². The fourth-order valence-electron chi connectivity index (χ4n) is 2.99. The molecule has 0 aromatic carbocycles. The van der Waals surface area contributed by atoms with Gasteiger partial charge in [-0.15, -0.1) is 0 Å². The third-order valence-electron chi connectivity index (χ3n) is 3.88. The van der Waals surface area contributed by atoms with E-state index < -0.39 is 4.92 Å². The van der Waals surface area contributed by atoms with Gasteiger partial charge in [0.25, 0.3) is 0 Å². The minimum Gasteiger partial charge on any atom is -0.354 e. The highest BCUT2D eigenvalue weighted by Gasteiger charge is 2.42. The molecular weight excluding hydrogens is 328 g/mol. The van der Waals surface area contributed by atoms with Crippen LogP contribution in [0.15, 0.2) is 16.7 Å². The Kier molecular flexibility index (Phi) is 3.33. The molecule has 2 saturated heterocycles. The summed E-state index contributed by atoms with van der Waals surface area (Å²) in [6.07, 6.45) is 3.22. The van der Waals surface area contributed by atoms with Crippen molar-refractivity contribution in [2.24, 2.45) is 5.92 Å². The number of hydrogen-bond donors (Lipinski definition) is 1. The number of piperidine rings is 1. The molecule has 2 atom stereocenters. The lowest BCUT2D eigenvalue weighted by molar-refractivity contribution is -0.384. The van der Waals surface area contributed by atoms with Gasteiger partial charge in [0.15, 0.2) is 0 Å². The Morgan fingerprint density at radius 2 is 2.35 bits per heavy atom. The van der Waals surface area contributed by atoms with Gasteiger partial charge in [-0.05, 0) is 28.8 Å². The molecule has 1 amide bonds. The van der Waals surface area contributed by atoms with E-state index >= 15 is 0 Å². The second-order valence-corrected chi connectivity index (χ2v) is 5.92. The molecule has 3 heterocycles. The lowest BCUT2D eigenvalue weighted by atomic mass is 9.91. The Bertz CT molecular complexity index is 580. The van der Waals surface area contributed by atoms with Gasteiger partial charge in [0, 0.05) is 29.8 Å². The van der Waals surface area contributed by atoms with Gasteiger partial charge in [0.05, 0.1) is 16.9 Å². The van der Waals surface area contributed by atoms with Gasteiger partial charge < -0.3 is 10.2 Å². The molecule has 0 radical (unpaired) electrons. The molecule has 0 aliphatic carbocycles. The number of halogens is 1. The van der Waals surface area contributed by atoms with E-state index in [2.05, 4.69) is 26.2 Å². The summed E-state index contributed by atoms with van der Waals surface area (Å²) in [5, 5.41) is 14.0. The van der Waals surface area contributed by atoms with E-state index in [0.717, 1.165) is 12.8 Å². The molecule has 7 nitrogen and oxygen atoms in total. The van der Waals surface area contributed by atoms with Crippen molar-refractivity contribution in [1.82, 2.24) is 10.3 Å². The van der Waals surface area contributed by atoms with Gasteiger partial charge in [-0.3, -0.25) is 14.9 Å². The van der Waals surface area contributed by atoms with Crippen LogP contribution in [-0.2, 0) is 4.79 Å². The minimum atomic E-state index is -0.430. The van der Waals surface area contributed by atoms with Gasteiger partial charge in [0.1, 0.15) is 0 Å². The van der Waals surface area contributed by atoms with Crippen molar-refractivity contribution >= 4 is 33.3 Å². The third-order valence-corrected chi connectivity index (χ3v) is 4.32. The fourth-order valence-corrected chi connectivity index (χ4v) is 3.31. The van der Waals surface area contributed by atoms with E-state index in [1.807, 2.05) is 4.90 Å². The predicted octanol–water partition coefficient (Wildman–Crippen LogP) is 1.47.